The van der Waals surface area contributed by atoms with Crippen LogP contribution in [0.2, 0.25) is 0 Å². The Balaban J connectivity index is 2.90. The number of amides is 1. The quantitative estimate of drug-likeness (QED) is 0.769. The Morgan fingerprint density at radius 3 is 2.62 bits per heavy atom. The zero-order valence-corrected chi connectivity index (χ0v) is 12.7. The molecule has 2 nitrogen and oxygen atoms in total. The van der Waals surface area contributed by atoms with Crippen molar-refractivity contribution < 1.29 is 4.79 Å². The molecule has 0 atom stereocenters. The molecule has 0 N–H and O–H groups in total. The summed E-state index contributed by atoms with van der Waals surface area (Å²) in [6.45, 7) is 6.57. The van der Waals surface area contributed by atoms with E-state index in [2.05, 4.69) is 15.9 Å². The van der Waals surface area contributed by atoms with Crippen LogP contribution in [0.4, 0.5) is 0 Å². The molecule has 0 aliphatic carbocycles. The number of hydrogen-bond donors (Lipinski definition) is 0. The normalized spacial score (nSPS) is 10.9. The summed E-state index contributed by atoms with van der Waals surface area (Å²) in [4.78, 5) is 14.8. The lowest BCUT2D eigenvalue weighted by atomic mass is 10.2. The fourth-order valence-corrected chi connectivity index (χ4v) is 3.07. The van der Waals surface area contributed by atoms with Gasteiger partial charge in [-0.25, -0.2) is 0 Å². The molecule has 0 aliphatic rings. The Morgan fingerprint density at radius 1 is 1.62 bits per heavy atom. The Hall–Kier alpha value is -0.0600. The monoisotopic (exact) mass is 323 g/mol. The van der Waals surface area contributed by atoms with Crippen LogP contribution in [-0.2, 0) is 0 Å². The highest BCUT2D eigenvalue weighted by atomic mass is 79.9. The SMILES string of the molecule is Cc1cc(C(=O)N(CCCl)C(C)C)sc1Br. The predicted octanol–water partition coefficient (Wildman–Crippen LogP) is 3.91. The molecule has 1 amide bonds. The van der Waals surface area contributed by atoms with E-state index in [1.54, 1.807) is 4.90 Å². The zero-order chi connectivity index (χ0) is 12.3. The maximum atomic E-state index is 12.2. The molecule has 1 aromatic rings. The van der Waals surface area contributed by atoms with Crippen LogP contribution in [0.3, 0.4) is 0 Å². The molecule has 16 heavy (non-hydrogen) atoms. The van der Waals surface area contributed by atoms with Gasteiger partial charge in [0, 0.05) is 18.5 Å². The van der Waals surface area contributed by atoms with Gasteiger partial charge in [-0.1, -0.05) is 0 Å². The molecule has 0 saturated heterocycles. The number of alkyl halides is 1. The second-order valence-electron chi connectivity index (χ2n) is 3.85. The summed E-state index contributed by atoms with van der Waals surface area (Å²) >= 11 is 10.6. The second-order valence-corrected chi connectivity index (χ2v) is 6.60. The lowest BCUT2D eigenvalue weighted by Gasteiger charge is -2.25. The van der Waals surface area contributed by atoms with Gasteiger partial charge in [0.2, 0.25) is 0 Å². The lowest BCUT2D eigenvalue weighted by Crippen LogP contribution is -2.37. The van der Waals surface area contributed by atoms with Crippen LogP contribution in [-0.4, -0.2) is 29.3 Å². The predicted molar refractivity (Wildman–Crippen MR) is 73.6 cm³/mol. The molecule has 0 bridgehead atoms. The number of carbonyl (C=O) groups excluding carboxylic acids is 1. The highest BCUT2D eigenvalue weighted by Crippen LogP contribution is 2.28. The van der Waals surface area contributed by atoms with Gasteiger partial charge < -0.3 is 4.90 Å². The molecule has 0 saturated carbocycles. The molecule has 1 heterocycles. The first kappa shape index (κ1) is 14.0. The van der Waals surface area contributed by atoms with Crippen LogP contribution in [0.25, 0.3) is 0 Å². The molecular formula is C11H15BrClNOS. The molecule has 0 fully saturated rings. The average Bonchev–Trinajstić information content (AvgIpc) is 2.54. The Bertz CT molecular complexity index is 359. The molecule has 1 rings (SSSR count). The van der Waals surface area contributed by atoms with E-state index in [4.69, 9.17) is 11.6 Å². The first-order valence-electron chi connectivity index (χ1n) is 5.10. The Kier molecular flexibility index (Phi) is 5.28. The standard InChI is InChI=1S/C11H15BrClNOS/c1-7(2)14(5-4-13)11(15)9-6-8(3)10(12)16-9/h6-7H,4-5H2,1-3H3. The van der Waals surface area contributed by atoms with Crippen molar-refractivity contribution in [2.75, 3.05) is 12.4 Å². The maximum Gasteiger partial charge on any atom is 0.264 e. The highest BCUT2D eigenvalue weighted by Gasteiger charge is 2.20. The number of thiophene rings is 1. The van der Waals surface area contributed by atoms with Gasteiger partial charge in [0.25, 0.3) is 5.91 Å². The van der Waals surface area contributed by atoms with Gasteiger partial charge >= 0.3 is 0 Å². The zero-order valence-electron chi connectivity index (χ0n) is 9.59. The molecule has 0 unspecified atom stereocenters. The molecule has 1 aromatic heterocycles. The molecule has 0 aromatic carbocycles. The van der Waals surface area contributed by atoms with E-state index in [1.165, 1.54) is 11.3 Å². The molecule has 0 spiro atoms. The van der Waals surface area contributed by atoms with Gasteiger partial charge in [-0.05, 0) is 48.3 Å². The van der Waals surface area contributed by atoms with Gasteiger partial charge in [-0.3, -0.25) is 4.79 Å². The summed E-state index contributed by atoms with van der Waals surface area (Å²) < 4.78 is 1.02. The molecular weight excluding hydrogens is 310 g/mol. The van der Waals surface area contributed by atoms with E-state index in [-0.39, 0.29) is 11.9 Å². The van der Waals surface area contributed by atoms with Gasteiger partial charge in [-0.2, -0.15) is 0 Å². The highest BCUT2D eigenvalue weighted by molar-refractivity contribution is 9.11. The van der Waals surface area contributed by atoms with Crippen LogP contribution >= 0.6 is 38.9 Å². The maximum absolute atomic E-state index is 12.2. The summed E-state index contributed by atoms with van der Waals surface area (Å²) in [5.41, 5.74) is 1.10. The third-order valence-electron chi connectivity index (χ3n) is 2.28. The van der Waals surface area contributed by atoms with Crippen molar-refractivity contribution in [2.45, 2.75) is 26.8 Å². The summed E-state index contributed by atoms with van der Waals surface area (Å²) in [5, 5.41) is 0. The number of carbonyl (C=O) groups is 1. The van der Waals surface area contributed by atoms with E-state index < -0.39 is 0 Å². The Morgan fingerprint density at radius 2 is 2.25 bits per heavy atom. The van der Waals surface area contributed by atoms with Gasteiger partial charge in [0.05, 0.1) is 8.66 Å². The largest absolute Gasteiger partial charge is 0.334 e. The number of hydrogen-bond acceptors (Lipinski definition) is 2. The number of nitrogens with zero attached hydrogens (tertiary/aromatic N) is 1. The van der Waals surface area contributed by atoms with Crippen LogP contribution in [0.5, 0.6) is 0 Å². The van der Waals surface area contributed by atoms with Crippen molar-refractivity contribution in [3.8, 4) is 0 Å². The van der Waals surface area contributed by atoms with E-state index >= 15 is 0 Å². The van der Waals surface area contributed by atoms with Crippen molar-refractivity contribution in [1.82, 2.24) is 4.90 Å². The number of aryl methyl sites for hydroxylation is 1. The van der Waals surface area contributed by atoms with E-state index in [1.807, 2.05) is 26.8 Å². The van der Waals surface area contributed by atoms with Gasteiger partial charge in [0.15, 0.2) is 0 Å². The van der Waals surface area contributed by atoms with E-state index in [0.29, 0.717) is 12.4 Å². The first-order chi connectivity index (χ1) is 7.47. The van der Waals surface area contributed by atoms with Gasteiger partial charge in [-0.15, -0.1) is 22.9 Å². The van der Waals surface area contributed by atoms with Crippen LogP contribution in [0.15, 0.2) is 9.85 Å². The molecule has 0 aliphatic heterocycles. The number of halogens is 2. The van der Waals surface area contributed by atoms with Crippen LogP contribution < -0.4 is 0 Å². The fourth-order valence-electron chi connectivity index (χ4n) is 1.39. The lowest BCUT2D eigenvalue weighted by molar-refractivity contribution is 0.0723. The summed E-state index contributed by atoms with van der Waals surface area (Å²) in [5.74, 6) is 0.532. The van der Waals surface area contributed by atoms with Crippen molar-refractivity contribution in [3.63, 3.8) is 0 Å². The fraction of sp³-hybridized carbons (Fsp3) is 0.545. The topological polar surface area (TPSA) is 20.3 Å². The minimum absolute atomic E-state index is 0.0643. The Labute approximate surface area is 114 Å². The van der Waals surface area contributed by atoms with Crippen molar-refractivity contribution >= 4 is 44.8 Å². The minimum Gasteiger partial charge on any atom is -0.334 e. The minimum atomic E-state index is 0.0643. The smallest absolute Gasteiger partial charge is 0.264 e. The van der Waals surface area contributed by atoms with Gasteiger partial charge in [0.1, 0.15) is 0 Å². The number of rotatable bonds is 4. The van der Waals surface area contributed by atoms with E-state index in [0.717, 1.165) is 14.2 Å². The van der Waals surface area contributed by atoms with Crippen molar-refractivity contribution in [2.24, 2.45) is 0 Å². The summed E-state index contributed by atoms with van der Waals surface area (Å²) in [7, 11) is 0. The van der Waals surface area contributed by atoms with E-state index in [9.17, 15) is 4.79 Å². The van der Waals surface area contributed by atoms with Crippen LogP contribution in [0, 0.1) is 6.92 Å². The first-order valence-corrected chi connectivity index (χ1v) is 7.24. The third kappa shape index (κ3) is 3.22. The van der Waals surface area contributed by atoms with Crippen molar-refractivity contribution in [3.05, 3.63) is 20.3 Å². The summed E-state index contributed by atoms with van der Waals surface area (Å²) in [6.07, 6.45) is 0. The molecule has 90 valence electrons. The molecule has 5 heteroatoms. The average molecular weight is 325 g/mol. The summed E-state index contributed by atoms with van der Waals surface area (Å²) in [6, 6.07) is 2.09. The second kappa shape index (κ2) is 6.03. The third-order valence-corrected chi connectivity index (χ3v) is 4.57. The van der Waals surface area contributed by atoms with Crippen LogP contribution in [0.1, 0.15) is 29.1 Å². The van der Waals surface area contributed by atoms with Crippen molar-refractivity contribution in [1.29, 1.82) is 0 Å². The molecule has 0 radical (unpaired) electrons.